The summed E-state index contributed by atoms with van der Waals surface area (Å²) in [6.07, 6.45) is 13.2. The number of hydrogen-bond donors (Lipinski definition) is 0. The molecule has 0 aliphatic heterocycles. The minimum absolute atomic E-state index is 0.471. The van der Waals surface area contributed by atoms with E-state index in [0.717, 1.165) is 46.1 Å². The normalized spacial score (nSPS) is 15.4. The van der Waals surface area contributed by atoms with Crippen LogP contribution in [0.2, 0.25) is 55.4 Å². The Hall–Kier alpha value is -7.13. The standard InChI is InChI=1S/C46H54Si2.C44H46Si2/c1-13-35(11)47(31(3)4,32(5)6)25-23-41-43-27-37-19-15-17-21-39(37)29-45(43)42(24-26-48(33(7)8,34(9)10)36(12)14-2)46-30-40-22-18-16-20-38(40)28-44(41)46;1-29(2)45(35-13-14-35,36-15-16-36)23-21-39-41-25-31-9-5-7-11-33(31)27-43(41)40(44-28-34-12-8-6-10-32(34)26-42(39)44)22-24-46(30(3)4,37-17-18-37)38-19-20-38/h15-22,27-34H,11-14H2,1-10H3;5-12,25-30,35-38H,13-20H2,1-4H3. The van der Waals surface area contributed by atoms with E-state index in [1.165, 1.54) is 159 Å². The van der Waals surface area contributed by atoms with Crippen LogP contribution in [0.25, 0.3) is 86.2 Å². The Morgan fingerprint density at radius 1 is 0.309 bits per heavy atom. The van der Waals surface area contributed by atoms with Crippen molar-refractivity contribution < 1.29 is 0 Å². The molecule has 0 atom stereocenters. The van der Waals surface area contributed by atoms with Crippen LogP contribution in [0, 0.1) is 45.9 Å². The first kappa shape index (κ1) is 65.5. The fourth-order valence-corrected chi connectivity index (χ4v) is 39.2. The molecular formula is C90H100Si4. The van der Waals surface area contributed by atoms with Gasteiger partial charge in [-0.2, -0.15) is 0 Å². The van der Waals surface area contributed by atoms with Gasteiger partial charge >= 0.3 is 0 Å². The zero-order chi connectivity index (χ0) is 66.2. The molecule has 0 nitrogen and oxygen atoms in total. The van der Waals surface area contributed by atoms with Crippen molar-refractivity contribution in [2.75, 3.05) is 0 Å². The zero-order valence-corrected chi connectivity index (χ0v) is 63.1. The molecule has 10 aromatic rings. The molecule has 476 valence electrons. The molecule has 0 heterocycles. The summed E-state index contributed by atoms with van der Waals surface area (Å²) in [5, 5.41) is 22.9. The van der Waals surface area contributed by atoms with Gasteiger partial charge in [-0.05, 0) is 203 Å². The summed E-state index contributed by atoms with van der Waals surface area (Å²) in [7, 11) is -7.87. The lowest BCUT2D eigenvalue weighted by molar-refractivity contribution is 0.909. The molecule has 0 amide bonds. The van der Waals surface area contributed by atoms with E-state index < -0.39 is 32.3 Å². The van der Waals surface area contributed by atoms with Gasteiger partial charge in [-0.1, -0.05) is 279 Å². The average Bonchev–Trinajstić information content (AvgIpc) is 0.904. The number of fused-ring (bicyclic) bond motifs is 8. The summed E-state index contributed by atoms with van der Waals surface area (Å²) in [5.41, 5.74) is 28.3. The largest absolute Gasteiger partial charge is 0.169 e. The lowest BCUT2D eigenvalue weighted by Gasteiger charge is -2.36. The second kappa shape index (κ2) is 25.8. The topological polar surface area (TPSA) is 0 Å². The van der Waals surface area contributed by atoms with Gasteiger partial charge < -0.3 is 0 Å². The molecule has 0 saturated heterocycles. The van der Waals surface area contributed by atoms with Crippen molar-refractivity contribution in [2.45, 2.75) is 217 Å². The van der Waals surface area contributed by atoms with Crippen LogP contribution in [0.1, 0.15) is 183 Å². The Morgan fingerprint density at radius 3 is 0.638 bits per heavy atom. The second-order valence-corrected chi connectivity index (χ2v) is 50.8. The number of benzene rings is 10. The number of hydrogen-bond acceptors (Lipinski definition) is 0. The van der Waals surface area contributed by atoms with Crippen LogP contribution in [-0.2, 0) is 0 Å². The van der Waals surface area contributed by atoms with E-state index in [4.69, 9.17) is 0 Å². The van der Waals surface area contributed by atoms with Crippen molar-refractivity contribution in [1.82, 2.24) is 0 Å². The van der Waals surface area contributed by atoms with Crippen LogP contribution in [-0.4, -0.2) is 32.3 Å². The predicted octanol–water partition coefficient (Wildman–Crippen LogP) is 26.1. The summed E-state index contributed by atoms with van der Waals surface area (Å²) in [5.74, 6) is 16.0. The minimum atomic E-state index is -2.20. The molecule has 4 fully saturated rings. The average molecular weight is 1290 g/mol. The molecule has 0 N–H and O–H groups in total. The van der Waals surface area contributed by atoms with Crippen molar-refractivity contribution in [3.63, 3.8) is 0 Å². The molecule has 4 saturated carbocycles. The predicted molar refractivity (Wildman–Crippen MR) is 425 cm³/mol. The molecule has 4 aliphatic rings. The maximum Gasteiger partial charge on any atom is 0.169 e. The van der Waals surface area contributed by atoms with Crippen molar-refractivity contribution >= 4 is 118 Å². The molecule has 0 aromatic heterocycles. The van der Waals surface area contributed by atoms with E-state index in [9.17, 15) is 0 Å². The van der Waals surface area contributed by atoms with Gasteiger partial charge in [0.05, 0.1) is 0 Å². The molecular weight excluding hydrogens is 1190 g/mol. The van der Waals surface area contributed by atoms with Gasteiger partial charge in [0, 0.05) is 22.3 Å². The summed E-state index contributed by atoms with van der Waals surface area (Å²) in [4.78, 5) is 0. The van der Waals surface area contributed by atoms with E-state index in [-0.39, 0.29) is 0 Å². The molecule has 0 spiro atoms. The van der Waals surface area contributed by atoms with Crippen molar-refractivity contribution in [3.8, 4) is 45.9 Å². The number of rotatable bonds is 14. The van der Waals surface area contributed by atoms with E-state index >= 15 is 0 Å². The highest BCUT2D eigenvalue weighted by Gasteiger charge is 2.58. The van der Waals surface area contributed by atoms with E-state index in [0.29, 0.717) is 33.2 Å². The van der Waals surface area contributed by atoms with Gasteiger partial charge in [-0.15, -0.1) is 35.3 Å². The Balaban J connectivity index is 0.000000171. The zero-order valence-electron chi connectivity index (χ0n) is 59.1. The summed E-state index contributed by atoms with van der Waals surface area (Å²) in [6.45, 7) is 42.7. The first-order valence-electron chi connectivity index (χ1n) is 36.3. The third kappa shape index (κ3) is 11.4. The van der Waals surface area contributed by atoms with Crippen LogP contribution < -0.4 is 0 Å². The molecule has 10 aromatic carbocycles. The first-order valence-corrected chi connectivity index (χ1v) is 45.1. The Kier molecular flexibility index (Phi) is 18.0. The first-order chi connectivity index (χ1) is 45.2. The van der Waals surface area contributed by atoms with Crippen molar-refractivity contribution in [2.24, 2.45) is 0 Å². The number of allylic oxidation sites excluding steroid dienone is 2. The molecule has 4 aliphatic carbocycles. The lowest BCUT2D eigenvalue weighted by Crippen LogP contribution is -2.42. The highest BCUT2D eigenvalue weighted by Crippen LogP contribution is 2.63. The Morgan fingerprint density at radius 2 is 0.489 bits per heavy atom. The van der Waals surface area contributed by atoms with Crippen LogP contribution in [0.4, 0.5) is 0 Å². The summed E-state index contributed by atoms with van der Waals surface area (Å²) in [6, 6.07) is 54.6. The van der Waals surface area contributed by atoms with Crippen molar-refractivity contribution in [1.29, 1.82) is 0 Å². The Labute approximate surface area is 568 Å². The van der Waals surface area contributed by atoms with E-state index in [2.05, 4.69) is 302 Å². The highest BCUT2D eigenvalue weighted by molar-refractivity contribution is 6.96. The van der Waals surface area contributed by atoms with Crippen LogP contribution >= 0.6 is 0 Å². The molecule has 14 rings (SSSR count). The maximum atomic E-state index is 4.66. The van der Waals surface area contributed by atoms with Gasteiger partial charge in [0.1, 0.15) is 16.1 Å². The van der Waals surface area contributed by atoms with E-state index in [1.54, 1.807) is 0 Å². The van der Waals surface area contributed by atoms with Gasteiger partial charge in [0.2, 0.25) is 0 Å². The Bertz CT molecular complexity index is 4410. The fraction of sp³-hybridized carbons (Fsp3) is 0.378. The van der Waals surface area contributed by atoms with Gasteiger partial charge in [-0.3, -0.25) is 0 Å². The molecule has 4 heteroatoms. The molecule has 94 heavy (non-hydrogen) atoms. The van der Waals surface area contributed by atoms with Crippen LogP contribution in [0.15, 0.2) is 169 Å². The minimum Gasteiger partial charge on any atom is -0.125 e. The second-order valence-electron chi connectivity index (χ2n) is 31.0. The summed E-state index contributed by atoms with van der Waals surface area (Å²) < 4.78 is 0. The summed E-state index contributed by atoms with van der Waals surface area (Å²) >= 11 is 0. The van der Waals surface area contributed by atoms with Crippen molar-refractivity contribution in [3.05, 3.63) is 191 Å². The fourth-order valence-electron chi connectivity index (χ4n) is 18.2. The van der Waals surface area contributed by atoms with Gasteiger partial charge in [0.15, 0.2) is 16.1 Å². The monoisotopic (exact) mass is 1290 g/mol. The highest BCUT2D eigenvalue weighted by atomic mass is 28.3. The van der Waals surface area contributed by atoms with Gasteiger partial charge in [-0.25, -0.2) is 0 Å². The lowest BCUT2D eigenvalue weighted by atomic mass is 9.89. The molecule has 0 unspecified atom stereocenters. The quantitative estimate of drug-likeness (QED) is 0.0578. The smallest absolute Gasteiger partial charge is 0.125 e. The molecule has 0 radical (unpaired) electrons. The molecule has 0 bridgehead atoms. The van der Waals surface area contributed by atoms with Gasteiger partial charge in [0.25, 0.3) is 0 Å². The van der Waals surface area contributed by atoms with Crippen LogP contribution in [0.3, 0.4) is 0 Å². The third-order valence-electron chi connectivity index (χ3n) is 23.9. The van der Waals surface area contributed by atoms with E-state index in [1.807, 2.05) is 0 Å². The third-order valence-corrected chi connectivity index (χ3v) is 47.9. The SMILES string of the molecule is C=C(CC)[Si](C#Cc1c2cc3ccccc3cc2c(C#C[Si](C(=C)CC)(C(C)C)C(C)C)c2cc3ccccc3cc12)(C(C)C)C(C)C.CC(C)[Si](C#Cc1c2cc3ccccc3cc2c(C#C[Si](C(C)C)(C2CC2)C2CC2)c2cc3ccccc3cc12)(C1CC1)C1CC1. The maximum absolute atomic E-state index is 4.66. The van der Waals surface area contributed by atoms with Crippen LogP contribution in [0.5, 0.6) is 0 Å².